The molecule has 0 saturated carbocycles. The molecule has 0 unspecified atom stereocenters. The summed E-state index contributed by atoms with van der Waals surface area (Å²) in [7, 11) is 0. The first-order chi connectivity index (χ1) is 18.4. The van der Waals surface area contributed by atoms with E-state index < -0.39 is 6.04 Å². The van der Waals surface area contributed by atoms with Gasteiger partial charge in [0.2, 0.25) is 5.91 Å². The van der Waals surface area contributed by atoms with Crippen molar-refractivity contribution in [2.75, 3.05) is 6.54 Å². The molecule has 2 atom stereocenters. The van der Waals surface area contributed by atoms with E-state index in [4.69, 9.17) is 4.74 Å². The summed E-state index contributed by atoms with van der Waals surface area (Å²) in [6.07, 6.45) is 4.17. The Bertz CT molecular complexity index is 1380. The molecule has 1 amide bonds. The van der Waals surface area contributed by atoms with Gasteiger partial charge in [0.15, 0.2) is 5.78 Å². The quantitative estimate of drug-likeness (QED) is 0.325. The number of ether oxygens (including phenoxy) is 1. The highest BCUT2D eigenvalue weighted by atomic mass is 19.1. The lowest BCUT2D eigenvalue weighted by Crippen LogP contribution is -2.42. The Kier molecular flexibility index (Phi) is 7.53. The fourth-order valence-electron chi connectivity index (χ4n) is 4.78. The first kappa shape index (κ1) is 25.3. The van der Waals surface area contributed by atoms with Crippen LogP contribution in [-0.4, -0.2) is 43.9 Å². The number of carbonyl (C=O) groups excluding carboxylic acids is 2. The van der Waals surface area contributed by atoms with Gasteiger partial charge in [-0.05, 0) is 78.4 Å². The number of likely N-dealkylation sites (tertiary alicyclic amines) is 1. The van der Waals surface area contributed by atoms with Gasteiger partial charge >= 0.3 is 0 Å². The molecule has 5 rings (SSSR count). The second-order valence-electron chi connectivity index (χ2n) is 9.43. The van der Waals surface area contributed by atoms with Gasteiger partial charge in [0, 0.05) is 13.0 Å². The molecule has 1 aliphatic rings. The van der Waals surface area contributed by atoms with E-state index in [0.29, 0.717) is 30.9 Å². The van der Waals surface area contributed by atoms with Gasteiger partial charge in [-0.1, -0.05) is 24.3 Å². The minimum Gasteiger partial charge on any atom is -0.457 e. The fourth-order valence-corrected chi connectivity index (χ4v) is 4.78. The van der Waals surface area contributed by atoms with Crippen LogP contribution in [0.15, 0.2) is 85.5 Å². The summed E-state index contributed by atoms with van der Waals surface area (Å²) in [6.45, 7) is 0.439. The monoisotopic (exact) mass is 516 g/mol. The summed E-state index contributed by atoms with van der Waals surface area (Å²) >= 11 is 0. The molecule has 38 heavy (non-hydrogen) atoms. The average molecular weight is 517 g/mol. The van der Waals surface area contributed by atoms with Gasteiger partial charge in [0.1, 0.15) is 42.3 Å². The largest absolute Gasteiger partial charge is 0.457 e. The van der Waals surface area contributed by atoms with Gasteiger partial charge < -0.3 is 9.64 Å². The maximum absolute atomic E-state index is 13.4. The standard InChI is InChI=1S/C29H26F2N4O3/c30-23-5-1-20(2-6-23)13-22-14-27(35(16-22)29(37)17-34-19-32-18-33-34)28(36)15-21-3-9-25(10-4-21)38-26-11-7-24(31)8-12-26/h1-12,18-19,22,27H,13-17H2/t22-,27-/m0/s1. The zero-order valence-corrected chi connectivity index (χ0v) is 20.5. The average Bonchev–Trinajstić information content (AvgIpc) is 3.58. The highest BCUT2D eigenvalue weighted by molar-refractivity contribution is 5.91. The first-order valence-electron chi connectivity index (χ1n) is 12.3. The molecule has 194 valence electrons. The van der Waals surface area contributed by atoms with E-state index in [0.717, 1.165) is 11.1 Å². The van der Waals surface area contributed by atoms with Crippen LogP contribution < -0.4 is 4.74 Å². The molecule has 1 aromatic heterocycles. The van der Waals surface area contributed by atoms with Gasteiger partial charge in [0.25, 0.3) is 0 Å². The molecule has 9 heteroatoms. The Labute approximate surface area is 218 Å². The number of hydrogen-bond donors (Lipinski definition) is 0. The van der Waals surface area contributed by atoms with Gasteiger partial charge in [-0.15, -0.1) is 0 Å². The molecular weight excluding hydrogens is 490 g/mol. The minimum absolute atomic E-state index is 0.00245. The van der Waals surface area contributed by atoms with E-state index in [1.54, 1.807) is 41.3 Å². The van der Waals surface area contributed by atoms with Crippen molar-refractivity contribution in [3.63, 3.8) is 0 Å². The molecule has 7 nitrogen and oxygen atoms in total. The molecule has 0 radical (unpaired) electrons. The lowest BCUT2D eigenvalue weighted by atomic mass is 9.94. The number of benzene rings is 3. The lowest BCUT2D eigenvalue weighted by Gasteiger charge is -2.23. The van der Waals surface area contributed by atoms with E-state index in [1.165, 1.54) is 41.6 Å². The fraction of sp³-hybridized carbons (Fsp3) is 0.241. The number of carbonyl (C=O) groups is 2. The molecule has 1 fully saturated rings. The molecule has 3 aromatic carbocycles. The molecule has 0 aliphatic carbocycles. The zero-order valence-electron chi connectivity index (χ0n) is 20.5. The van der Waals surface area contributed by atoms with Gasteiger partial charge in [0.05, 0.1) is 6.04 Å². The van der Waals surface area contributed by atoms with Gasteiger partial charge in [-0.3, -0.25) is 9.59 Å². The van der Waals surface area contributed by atoms with Crippen LogP contribution in [0.4, 0.5) is 8.78 Å². The molecule has 2 heterocycles. The molecule has 0 spiro atoms. The van der Waals surface area contributed by atoms with Crippen molar-refractivity contribution in [3.8, 4) is 11.5 Å². The summed E-state index contributed by atoms with van der Waals surface area (Å²) in [5.74, 6) is 0.260. The maximum Gasteiger partial charge on any atom is 0.244 e. The highest BCUT2D eigenvalue weighted by Gasteiger charge is 2.39. The van der Waals surface area contributed by atoms with Crippen molar-refractivity contribution in [1.82, 2.24) is 19.7 Å². The summed E-state index contributed by atoms with van der Waals surface area (Å²) in [5.41, 5.74) is 1.76. The minimum atomic E-state index is -0.563. The maximum atomic E-state index is 13.4. The van der Waals surface area contributed by atoms with Crippen LogP contribution in [0.25, 0.3) is 0 Å². The Morgan fingerprint density at radius 1 is 0.868 bits per heavy atom. The SMILES string of the molecule is O=C(Cc1ccc(Oc2ccc(F)cc2)cc1)[C@@H]1C[C@H](Cc2ccc(F)cc2)CN1C(=O)Cn1cncn1. The Hall–Kier alpha value is -4.40. The van der Waals surface area contributed by atoms with Crippen LogP contribution in [0.3, 0.4) is 0 Å². The number of hydrogen-bond acceptors (Lipinski definition) is 5. The number of rotatable bonds is 9. The lowest BCUT2D eigenvalue weighted by molar-refractivity contribution is -0.138. The van der Waals surface area contributed by atoms with Gasteiger partial charge in [-0.25, -0.2) is 18.4 Å². The van der Waals surface area contributed by atoms with Crippen LogP contribution in [0, 0.1) is 17.6 Å². The normalized spacial score (nSPS) is 16.9. The Morgan fingerprint density at radius 3 is 2.11 bits per heavy atom. The number of aromatic nitrogens is 3. The summed E-state index contributed by atoms with van der Waals surface area (Å²) in [5, 5.41) is 4.01. The number of ketones is 1. The summed E-state index contributed by atoms with van der Waals surface area (Å²) in [6, 6.07) is 18.6. The van der Waals surface area contributed by atoms with Gasteiger partial charge in [-0.2, -0.15) is 5.10 Å². The zero-order chi connectivity index (χ0) is 26.5. The van der Waals surface area contributed by atoms with Crippen molar-refractivity contribution in [2.45, 2.75) is 31.8 Å². The number of nitrogens with zero attached hydrogens (tertiary/aromatic N) is 4. The van der Waals surface area contributed by atoms with Crippen LogP contribution in [0.5, 0.6) is 11.5 Å². The van der Waals surface area contributed by atoms with E-state index in [9.17, 15) is 18.4 Å². The first-order valence-corrected chi connectivity index (χ1v) is 12.3. The van der Waals surface area contributed by atoms with Crippen molar-refractivity contribution < 1.29 is 23.1 Å². The Morgan fingerprint density at radius 2 is 1.47 bits per heavy atom. The highest BCUT2D eigenvalue weighted by Crippen LogP contribution is 2.29. The second kappa shape index (κ2) is 11.3. The van der Waals surface area contributed by atoms with Crippen molar-refractivity contribution in [1.29, 1.82) is 0 Å². The van der Waals surface area contributed by atoms with Crippen LogP contribution in [-0.2, 0) is 29.0 Å². The molecule has 0 bridgehead atoms. The molecule has 1 saturated heterocycles. The van der Waals surface area contributed by atoms with Crippen molar-refractivity contribution in [2.24, 2.45) is 5.92 Å². The van der Waals surface area contributed by atoms with Crippen LogP contribution in [0.1, 0.15) is 17.5 Å². The predicted octanol–water partition coefficient (Wildman–Crippen LogP) is 4.62. The Balaban J connectivity index is 1.26. The third-order valence-corrected chi connectivity index (χ3v) is 6.63. The topological polar surface area (TPSA) is 77.3 Å². The van der Waals surface area contributed by atoms with Crippen molar-refractivity contribution in [3.05, 3.63) is 108 Å². The number of amides is 1. The molecule has 0 N–H and O–H groups in total. The molecule has 4 aromatic rings. The smallest absolute Gasteiger partial charge is 0.244 e. The van der Waals surface area contributed by atoms with Crippen LogP contribution in [0.2, 0.25) is 0 Å². The third-order valence-electron chi connectivity index (χ3n) is 6.63. The van der Waals surface area contributed by atoms with E-state index in [1.807, 2.05) is 12.1 Å². The van der Waals surface area contributed by atoms with E-state index in [2.05, 4.69) is 10.1 Å². The predicted molar refractivity (Wildman–Crippen MR) is 135 cm³/mol. The van der Waals surface area contributed by atoms with E-state index >= 15 is 0 Å². The van der Waals surface area contributed by atoms with E-state index in [-0.39, 0.29) is 42.2 Å². The summed E-state index contributed by atoms with van der Waals surface area (Å²) < 4.78 is 33.6. The molecular formula is C29H26F2N4O3. The third kappa shape index (κ3) is 6.29. The van der Waals surface area contributed by atoms with Crippen molar-refractivity contribution >= 4 is 11.7 Å². The summed E-state index contributed by atoms with van der Waals surface area (Å²) in [4.78, 5) is 32.1. The number of Topliss-reactive ketones (excluding diaryl/α,β-unsaturated/α-hetero) is 1. The molecule has 1 aliphatic heterocycles. The van der Waals surface area contributed by atoms with Crippen LogP contribution >= 0.6 is 0 Å². The second-order valence-corrected chi connectivity index (χ2v) is 9.43. The number of halogens is 2.